The fourth-order valence-corrected chi connectivity index (χ4v) is 1.34. The zero-order valence-corrected chi connectivity index (χ0v) is 7.66. The Morgan fingerprint density at radius 3 is 2.64 bits per heavy atom. The van der Waals surface area contributed by atoms with Gasteiger partial charge in [-0.1, -0.05) is 50.2 Å². The minimum atomic E-state index is 0.734. The largest absolute Gasteiger partial charge is 0.0890 e. The van der Waals surface area contributed by atoms with Gasteiger partial charge in [-0.05, 0) is 17.5 Å². The van der Waals surface area contributed by atoms with Crippen LogP contribution in [0, 0.1) is 0 Å². The molecule has 59 valence electrons. The molecular weight excluding hydrogens is 152 g/mol. The van der Waals surface area contributed by atoms with Crippen molar-refractivity contribution < 1.29 is 0 Å². The van der Waals surface area contributed by atoms with Gasteiger partial charge in [-0.25, -0.2) is 0 Å². The molecular formula is C10H13S. The van der Waals surface area contributed by atoms with Crippen molar-refractivity contribution in [1.82, 2.24) is 0 Å². The van der Waals surface area contributed by atoms with Crippen molar-refractivity contribution in [2.24, 2.45) is 0 Å². The van der Waals surface area contributed by atoms with Gasteiger partial charge in [0, 0.05) is 5.75 Å². The van der Waals surface area contributed by atoms with E-state index in [1.54, 1.807) is 0 Å². The van der Waals surface area contributed by atoms with Crippen LogP contribution in [0.4, 0.5) is 0 Å². The third-order valence-corrected chi connectivity index (χ3v) is 2.03. The molecule has 1 radical (unpaired) electrons. The molecule has 0 aromatic heterocycles. The monoisotopic (exact) mass is 165 g/mol. The van der Waals surface area contributed by atoms with Crippen LogP contribution in [0.3, 0.4) is 0 Å². The highest BCUT2D eigenvalue weighted by Crippen LogP contribution is 2.08. The van der Waals surface area contributed by atoms with Crippen LogP contribution in [0.2, 0.25) is 0 Å². The van der Waals surface area contributed by atoms with Crippen LogP contribution in [0.15, 0.2) is 24.3 Å². The van der Waals surface area contributed by atoms with Crippen molar-refractivity contribution in [3.05, 3.63) is 35.4 Å². The fraction of sp³-hybridized carbons (Fsp3) is 0.400. The maximum atomic E-state index is 4.96. The summed E-state index contributed by atoms with van der Waals surface area (Å²) in [5, 5.41) is 0. The lowest BCUT2D eigenvalue weighted by atomic mass is 10.1. The quantitative estimate of drug-likeness (QED) is 0.644. The molecule has 0 aliphatic rings. The van der Waals surface area contributed by atoms with Crippen molar-refractivity contribution >= 4 is 12.6 Å². The van der Waals surface area contributed by atoms with Crippen LogP contribution in [0.5, 0.6) is 0 Å². The Kier molecular flexibility index (Phi) is 3.50. The van der Waals surface area contributed by atoms with Gasteiger partial charge in [0.1, 0.15) is 0 Å². The summed E-state index contributed by atoms with van der Waals surface area (Å²) in [7, 11) is 0. The summed E-state index contributed by atoms with van der Waals surface area (Å²) < 4.78 is 0. The normalized spacial score (nSPS) is 10.0. The predicted molar refractivity (Wildman–Crippen MR) is 51.7 cm³/mol. The highest BCUT2D eigenvalue weighted by atomic mass is 32.1. The van der Waals surface area contributed by atoms with Crippen LogP contribution in [-0.2, 0) is 12.2 Å². The molecule has 0 saturated carbocycles. The molecule has 0 N–H and O–H groups in total. The van der Waals surface area contributed by atoms with Gasteiger partial charge in [0.25, 0.3) is 0 Å². The molecule has 1 rings (SSSR count). The first-order valence-corrected chi connectivity index (χ1v) is 4.60. The van der Waals surface area contributed by atoms with Gasteiger partial charge in [0.15, 0.2) is 0 Å². The molecule has 0 fully saturated rings. The standard InChI is InChI=1S/C10H13S/c1-2-4-9-5-3-6-10(7-9)8-11/h3,5-7H,2,4,8H2,1H3. The van der Waals surface area contributed by atoms with Gasteiger partial charge in [-0.3, -0.25) is 0 Å². The summed E-state index contributed by atoms with van der Waals surface area (Å²) in [5.74, 6) is 0.734. The number of rotatable bonds is 3. The Hall–Kier alpha value is -0.430. The Morgan fingerprint density at radius 2 is 2.00 bits per heavy atom. The Bertz CT molecular complexity index is 218. The van der Waals surface area contributed by atoms with Crippen molar-refractivity contribution in [2.45, 2.75) is 25.5 Å². The summed E-state index contributed by atoms with van der Waals surface area (Å²) in [6, 6.07) is 8.55. The minimum absolute atomic E-state index is 0.734. The second-order valence-electron chi connectivity index (χ2n) is 2.71. The van der Waals surface area contributed by atoms with E-state index in [9.17, 15) is 0 Å². The maximum absolute atomic E-state index is 4.96. The van der Waals surface area contributed by atoms with E-state index in [1.165, 1.54) is 24.0 Å². The van der Waals surface area contributed by atoms with E-state index in [2.05, 4.69) is 31.2 Å². The van der Waals surface area contributed by atoms with Gasteiger partial charge in [0.2, 0.25) is 0 Å². The van der Waals surface area contributed by atoms with Gasteiger partial charge < -0.3 is 0 Å². The average Bonchev–Trinajstić information content (AvgIpc) is 2.06. The zero-order valence-electron chi connectivity index (χ0n) is 6.84. The summed E-state index contributed by atoms with van der Waals surface area (Å²) >= 11 is 4.96. The molecule has 0 saturated heterocycles. The molecule has 0 heterocycles. The minimum Gasteiger partial charge on any atom is -0.0890 e. The topological polar surface area (TPSA) is 0 Å². The van der Waals surface area contributed by atoms with Gasteiger partial charge in [0.05, 0.1) is 0 Å². The third kappa shape index (κ3) is 2.58. The van der Waals surface area contributed by atoms with E-state index >= 15 is 0 Å². The fourth-order valence-electron chi connectivity index (χ4n) is 1.16. The molecule has 1 heteroatoms. The van der Waals surface area contributed by atoms with Crippen LogP contribution in [0.1, 0.15) is 24.5 Å². The SMILES string of the molecule is CCCc1cccc(C[S])c1. The van der Waals surface area contributed by atoms with Gasteiger partial charge in [-0.15, -0.1) is 0 Å². The van der Waals surface area contributed by atoms with Crippen LogP contribution >= 0.6 is 12.6 Å². The first kappa shape index (κ1) is 8.66. The zero-order chi connectivity index (χ0) is 8.10. The van der Waals surface area contributed by atoms with Crippen LogP contribution in [0.25, 0.3) is 0 Å². The van der Waals surface area contributed by atoms with E-state index in [1.807, 2.05) is 0 Å². The summed E-state index contributed by atoms with van der Waals surface area (Å²) in [5.41, 5.74) is 2.68. The molecule has 1 aromatic rings. The first-order valence-electron chi connectivity index (χ1n) is 4.02. The smallest absolute Gasteiger partial charge is 0.0288 e. The number of aryl methyl sites for hydroxylation is 1. The van der Waals surface area contributed by atoms with E-state index in [0.29, 0.717) is 0 Å². The number of hydrogen-bond acceptors (Lipinski definition) is 0. The Labute approximate surface area is 74.0 Å². The molecule has 0 atom stereocenters. The van der Waals surface area contributed by atoms with Crippen molar-refractivity contribution in [3.8, 4) is 0 Å². The molecule has 0 nitrogen and oxygen atoms in total. The highest BCUT2D eigenvalue weighted by molar-refractivity contribution is 7.79. The van der Waals surface area contributed by atoms with E-state index in [0.717, 1.165) is 5.75 Å². The lowest BCUT2D eigenvalue weighted by Gasteiger charge is -1.99. The Balaban J connectivity index is 2.74. The number of hydrogen-bond donors (Lipinski definition) is 0. The molecule has 0 amide bonds. The van der Waals surface area contributed by atoms with Crippen molar-refractivity contribution in [3.63, 3.8) is 0 Å². The van der Waals surface area contributed by atoms with E-state index < -0.39 is 0 Å². The van der Waals surface area contributed by atoms with Crippen molar-refractivity contribution in [2.75, 3.05) is 0 Å². The number of benzene rings is 1. The average molecular weight is 165 g/mol. The van der Waals surface area contributed by atoms with Crippen molar-refractivity contribution in [1.29, 1.82) is 0 Å². The maximum Gasteiger partial charge on any atom is 0.0288 e. The Morgan fingerprint density at radius 1 is 1.27 bits per heavy atom. The molecule has 0 aliphatic heterocycles. The second kappa shape index (κ2) is 4.45. The predicted octanol–water partition coefficient (Wildman–Crippen LogP) is 3.34. The molecule has 0 spiro atoms. The second-order valence-corrected chi connectivity index (χ2v) is 3.00. The molecule has 1 aromatic carbocycles. The third-order valence-electron chi connectivity index (χ3n) is 1.70. The molecule has 0 aliphatic carbocycles. The van der Waals surface area contributed by atoms with Crippen LogP contribution in [-0.4, -0.2) is 0 Å². The lowest BCUT2D eigenvalue weighted by Crippen LogP contribution is -1.84. The molecule has 0 unspecified atom stereocenters. The molecule has 0 bridgehead atoms. The van der Waals surface area contributed by atoms with E-state index in [4.69, 9.17) is 12.6 Å². The summed E-state index contributed by atoms with van der Waals surface area (Å²) in [4.78, 5) is 0. The summed E-state index contributed by atoms with van der Waals surface area (Å²) in [6.45, 7) is 2.19. The van der Waals surface area contributed by atoms with Gasteiger partial charge >= 0.3 is 0 Å². The van der Waals surface area contributed by atoms with Crippen LogP contribution < -0.4 is 0 Å². The highest BCUT2D eigenvalue weighted by Gasteiger charge is 1.92. The summed E-state index contributed by atoms with van der Waals surface area (Å²) in [6.07, 6.45) is 2.38. The first-order chi connectivity index (χ1) is 5.36. The van der Waals surface area contributed by atoms with Gasteiger partial charge in [-0.2, -0.15) is 0 Å². The molecule has 11 heavy (non-hydrogen) atoms. The lowest BCUT2D eigenvalue weighted by molar-refractivity contribution is 0.920. The van der Waals surface area contributed by atoms with E-state index in [-0.39, 0.29) is 0 Å².